The molecule has 0 aliphatic rings. The van der Waals surface area contributed by atoms with Crippen molar-refractivity contribution in [2.24, 2.45) is 0 Å². The quantitative estimate of drug-likeness (QED) is 0.380. The van der Waals surface area contributed by atoms with Crippen LogP contribution in [0.4, 0.5) is 10.1 Å². The zero-order chi connectivity index (χ0) is 21.1. The van der Waals surface area contributed by atoms with Gasteiger partial charge >= 0.3 is 0 Å². The Morgan fingerprint density at radius 1 is 1.07 bits per heavy atom. The molecular weight excluding hydrogens is 401 g/mol. The molecule has 0 aliphatic carbocycles. The van der Waals surface area contributed by atoms with Crippen LogP contribution in [-0.2, 0) is 4.79 Å². The van der Waals surface area contributed by atoms with Gasteiger partial charge in [0.15, 0.2) is 5.16 Å². The average Bonchev–Trinajstić information content (AvgIpc) is 2.73. The summed E-state index contributed by atoms with van der Waals surface area (Å²) in [6.45, 7) is 1.92. The van der Waals surface area contributed by atoms with Gasteiger partial charge in [0.05, 0.1) is 22.3 Å². The number of hydrogen-bond acceptors (Lipinski definition) is 4. The van der Waals surface area contributed by atoms with Crippen molar-refractivity contribution in [3.05, 3.63) is 94.5 Å². The molecule has 5 nitrogen and oxygen atoms in total. The van der Waals surface area contributed by atoms with Crippen molar-refractivity contribution in [1.29, 1.82) is 0 Å². The Kier molecular flexibility index (Phi) is 5.63. The summed E-state index contributed by atoms with van der Waals surface area (Å²) in [6.07, 6.45) is 0. The lowest BCUT2D eigenvalue weighted by molar-refractivity contribution is -0.113. The number of para-hydroxylation sites is 2. The van der Waals surface area contributed by atoms with E-state index in [0.29, 0.717) is 27.4 Å². The highest BCUT2D eigenvalue weighted by molar-refractivity contribution is 7.99. The van der Waals surface area contributed by atoms with Gasteiger partial charge in [-0.1, -0.05) is 48.2 Å². The maximum absolute atomic E-state index is 13.3. The molecule has 1 amide bonds. The molecule has 0 spiro atoms. The number of thioether (sulfide) groups is 1. The maximum Gasteiger partial charge on any atom is 0.266 e. The zero-order valence-corrected chi connectivity index (χ0v) is 16.9. The number of carbonyl (C=O) groups excluding carboxylic acids is 1. The van der Waals surface area contributed by atoms with E-state index in [1.807, 2.05) is 37.3 Å². The first-order chi connectivity index (χ1) is 14.5. The van der Waals surface area contributed by atoms with Gasteiger partial charge in [-0.25, -0.2) is 9.37 Å². The lowest BCUT2D eigenvalue weighted by Gasteiger charge is -2.15. The molecule has 150 valence electrons. The average molecular weight is 419 g/mol. The molecule has 1 N–H and O–H groups in total. The minimum atomic E-state index is -0.426. The Hall–Kier alpha value is -3.45. The molecule has 4 rings (SSSR count). The largest absolute Gasteiger partial charge is 0.325 e. The smallest absolute Gasteiger partial charge is 0.266 e. The van der Waals surface area contributed by atoms with Crippen LogP contribution in [0.25, 0.3) is 16.6 Å². The number of nitrogens with one attached hydrogen (secondary N) is 1. The van der Waals surface area contributed by atoms with Crippen LogP contribution in [0.3, 0.4) is 0 Å². The summed E-state index contributed by atoms with van der Waals surface area (Å²) in [5.74, 6) is -0.720. The number of carbonyl (C=O) groups is 1. The van der Waals surface area contributed by atoms with Crippen LogP contribution < -0.4 is 10.9 Å². The number of hydrogen-bond donors (Lipinski definition) is 1. The molecule has 30 heavy (non-hydrogen) atoms. The first kappa shape index (κ1) is 19.8. The molecule has 0 aliphatic heterocycles. The van der Waals surface area contributed by atoms with Crippen molar-refractivity contribution in [2.45, 2.75) is 12.1 Å². The number of rotatable bonds is 5. The van der Waals surface area contributed by atoms with Gasteiger partial charge in [0.1, 0.15) is 5.82 Å². The molecule has 1 heterocycles. The predicted molar refractivity (Wildman–Crippen MR) is 118 cm³/mol. The Labute approximate surface area is 176 Å². The van der Waals surface area contributed by atoms with Gasteiger partial charge in [-0.05, 0) is 48.9 Å². The lowest BCUT2D eigenvalue weighted by atomic mass is 10.2. The SMILES string of the molecule is Cc1ccccc1-n1c(SCC(=O)Nc2cccc(F)c2)nc2ccccc2c1=O. The van der Waals surface area contributed by atoms with Crippen LogP contribution in [0, 0.1) is 12.7 Å². The number of amides is 1. The van der Waals surface area contributed by atoms with Crippen molar-refractivity contribution in [1.82, 2.24) is 9.55 Å². The van der Waals surface area contributed by atoms with Gasteiger partial charge in [-0.2, -0.15) is 0 Å². The van der Waals surface area contributed by atoms with Gasteiger partial charge in [-0.3, -0.25) is 14.2 Å². The molecule has 4 aromatic rings. The second-order valence-corrected chi connectivity index (χ2v) is 7.63. The fraction of sp³-hybridized carbons (Fsp3) is 0.0870. The van der Waals surface area contributed by atoms with Crippen LogP contribution in [0.5, 0.6) is 0 Å². The number of nitrogens with zero attached hydrogens (tertiary/aromatic N) is 2. The summed E-state index contributed by atoms with van der Waals surface area (Å²) in [6, 6.07) is 20.4. The molecule has 0 unspecified atom stereocenters. The van der Waals surface area contributed by atoms with Crippen molar-refractivity contribution < 1.29 is 9.18 Å². The molecule has 7 heteroatoms. The number of aromatic nitrogens is 2. The molecule has 3 aromatic carbocycles. The molecule has 0 atom stereocenters. The van der Waals surface area contributed by atoms with Crippen molar-refractivity contribution >= 4 is 34.3 Å². The maximum atomic E-state index is 13.3. The first-order valence-corrected chi connectivity index (χ1v) is 10.3. The molecule has 0 radical (unpaired) electrons. The van der Waals surface area contributed by atoms with E-state index < -0.39 is 5.82 Å². The van der Waals surface area contributed by atoms with Crippen molar-refractivity contribution in [2.75, 3.05) is 11.1 Å². The van der Waals surface area contributed by atoms with Crippen molar-refractivity contribution in [3.63, 3.8) is 0 Å². The second-order valence-electron chi connectivity index (χ2n) is 6.69. The van der Waals surface area contributed by atoms with Crippen LogP contribution in [0.1, 0.15) is 5.56 Å². The minimum absolute atomic E-state index is 0.0210. The summed E-state index contributed by atoms with van der Waals surface area (Å²) in [5, 5.41) is 3.59. The summed E-state index contributed by atoms with van der Waals surface area (Å²) in [5.41, 5.74) is 2.39. The molecular formula is C23H18FN3O2S. The van der Waals surface area contributed by atoms with E-state index in [1.165, 1.54) is 22.8 Å². The van der Waals surface area contributed by atoms with E-state index >= 15 is 0 Å². The third-order valence-electron chi connectivity index (χ3n) is 4.54. The van der Waals surface area contributed by atoms with Gasteiger partial charge in [0, 0.05) is 5.69 Å². The molecule has 0 saturated carbocycles. The molecule has 0 fully saturated rings. The second kappa shape index (κ2) is 8.51. The fourth-order valence-electron chi connectivity index (χ4n) is 3.13. The van der Waals surface area contributed by atoms with E-state index in [-0.39, 0.29) is 17.2 Å². The number of anilines is 1. The Balaban J connectivity index is 1.69. The molecule has 0 bridgehead atoms. The van der Waals surface area contributed by atoms with Gasteiger partial charge in [0.25, 0.3) is 5.56 Å². The number of aryl methyl sites for hydroxylation is 1. The summed E-state index contributed by atoms with van der Waals surface area (Å²) < 4.78 is 14.9. The van der Waals surface area contributed by atoms with Gasteiger partial charge < -0.3 is 5.32 Å². The van der Waals surface area contributed by atoms with Crippen LogP contribution >= 0.6 is 11.8 Å². The van der Waals surface area contributed by atoms with Gasteiger partial charge in [-0.15, -0.1) is 0 Å². The predicted octanol–water partition coefficient (Wildman–Crippen LogP) is 4.56. The minimum Gasteiger partial charge on any atom is -0.325 e. The lowest BCUT2D eigenvalue weighted by Crippen LogP contribution is -2.23. The third kappa shape index (κ3) is 4.11. The van der Waals surface area contributed by atoms with Crippen LogP contribution in [0.2, 0.25) is 0 Å². The van der Waals surface area contributed by atoms with Crippen LogP contribution in [-0.4, -0.2) is 21.2 Å². The van der Waals surface area contributed by atoms with E-state index in [0.717, 1.165) is 17.3 Å². The molecule has 1 aromatic heterocycles. The van der Waals surface area contributed by atoms with Gasteiger partial charge in [0.2, 0.25) is 5.91 Å². The first-order valence-electron chi connectivity index (χ1n) is 9.29. The van der Waals surface area contributed by atoms with E-state index in [1.54, 1.807) is 24.3 Å². The number of halogens is 1. The number of fused-ring (bicyclic) bond motifs is 1. The monoisotopic (exact) mass is 419 g/mol. The van der Waals surface area contributed by atoms with Crippen LogP contribution in [0.15, 0.2) is 82.7 Å². The number of benzene rings is 3. The highest BCUT2D eigenvalue weighted by atomic mass is 32.2. The normalized spacial score (nSPS) is 10.9. The van der Waals surface area contributed by atoms with E-state index in [4.69, 9.17) is 0 Å². The zero-order valence-electron chi connectivity index (χ0n) is 16.1. The summed E-state index contributed by atoms with van der Waals surface area (Å²) in [4.78, 5) is 30.3. The molecule has 0 saturated heterocycles. The van der Waals surface area contributed by atoms with Crippen molar-refractivity contribution in [3.8, 4) is 5.69 Å². The Morgan fingerprint density at radius 2 is 1.83 bits per heavy atom. The van der Waals surface area contributed by atoms with E-state index in [2.05, 4.69) is 10.3 Å². The Morgan fingerprint density at radius 3 is 2.63 bits per heavy atom. The topological polar surface area (TPSA) is 64.0 Å². The highest BCUT2D eigenvalue weighted by Crippen LogP contribution is 2.23. The highest BCUT2D eigenvalue weighted by Gasteiger charge is 2.16. The van der Waals surface area contributed by atoms with E-state index in [9.17, 15) is 14.0 Å². The third-order valence-corrected chi connectivity index (χ3v) is 5.48. The standard InChI is InChI=1S/C23H18FN3O2S/c1-15-7-2-5-12-20(15)27-22(29)18-10-3-4-11-19(18)26-23(27)30-14-21(28)25-17-9-6-8-16(24)13-17/h2-13H,14H2,1H3,(H,25,28). The fourth-order valence-corrected chi connectivity index (χ4v) is 3.93. The summed E-state index contributed by atoms with van der Waals surface area (Å²) in [7, 11) is 0. The Bertz CT molecular complexity index is 1300. The summed E-state index contributed by atoms with van der Waals surface area (Å²) >= 11 is 1.16.